The second kappa shape index (κ2) is 7.05. The number of benzene rings is 1. The molecule has 0 spiro atoms. The SMILES string of the molecule is CCc1nc(CCNC(=O)C[C@H]2CCc3ccccc32)cs1. The third-order valence-corrected chi connectivity index (χ3v) is 5.34. The molecule has 1 aromatic heterocycles. The van der Waals surface area contributed by atoms with E-state index in [-0.39, 0.29) is 5.91 Å². The van der Waals surface area contributed by atoms with E-state index in [0.717, 1.165) is 31.4 Å². The number of nitrogens with zero attached hydrogens (tertiary/aromatic N) is 1. The van der Waals surface area contributed by atoms with Crippen LogP contribution in [-0.4, -0.2) is 17.4 Å². The number of hydrogen-bond donors (Lipinski definition) is 1. The molecule has 116 valence electrons. The topological polar surface area (TPSA) is 42.0 Å². The minimum atomic E-state index is 0.160. The summed E-state index contributed by atoms with van der Waals surface area (Å²) < 4.78 is 0. The van der Waals surface area contributed by atoms with Gasteiger partial charge < -0.3 is 5.32 Å². The molecule has 0 bridgehead atoms. The Balaban J connectivity index is 1.45. The summed E-state index contributed by atoms with van der Waals surface area (Å²) in [5.74, 6) is 0.551. The Kier molecular flexibility index (Phi) is 4.88. The number of hydrogen-bond acceptors (Lipinski definition) is 3. The summed E-state index contributed by atoms with van der Waals surface area (Å²) in [6, 6.07) is 8.50. The van der Waals surface area contributed by atoms with Crippen molar-refractivity contribution in [2.45, 2.75) is 44.9 Å². The molecule has 1 aromatic carbocycles. The molecule has 1 amide bonds. The van der Waals surface area contributed by atoms with Crippen molar-refractivity contribution in [1.82, 2.24) is 10.3 Å². The molecular formula is C18H22N2OS. The molecule has 1 heterocycles. The van der Waals surface area contributed by atoms with Gasteiger partial charge in [0.05, 0.1) is 10.7 Å². The lowest BCUT2D eigenvalue weighted by molar-refractivity contribution is -0.121. The third kappa shape index (κ3) is 3.55. The van der Waals surface area contributed by atoms with Gasteiger partial charge in [0, 0.05) is 24.8 Å². The highest BCUT2D eigenvalue weighted by Gasteiger charge is 2.23. The number of amides is 1. The maximum atomic E-state index is 12.1. The average molecular weight is 314 g/mol. The van der Waals surface area contributed by atoms with Gasteiger partial charge in [0.15, 0.2) is 0 Å². The first-order chi connectivity index (χ1) is 10.8. The predicted molar refractivity (Wildman–Crippen MR) is 90.3 cm³/mol. The predicted octanol–water partition coefficient (Wildman–Crippen LogP) is 3.48. The smallest absolute Gasteiger partial charge is 0.220 e. The van der Waals surface area contributed by atoms with Gasteiger partial charge in [-0.3, -0.25) is 4.79 Å². The minimum Gasteiger partial charge on any atom is -0.356 e. The summed E-state index contributed by atoms with van der Waals surface area (Å²) in [7, 11) is 0. The molecule has 4 heteroatoms. The summed E-state index contributed by atoms with van der Waals surface area (Å²) in [6.07, 6.45) is 4.61. The number of carbonyl (C=O) groups is 1. The fourth-order valence-corrected chi connectivity index (χ4v) is 3.89. The normalized spacial score (nSPS) is 16.5. The zero-order valence-corrected chi connectivity index (χ0v) is 13.8. The lowest BCUT2D eigenvalue weighted by atomic mass is 9.97. The van der Waals surface area contributed by atoms with Crippen molar-refractivity contribution in [3.63, 3.8) is 0 Å². The maximum Gasteiger partial charge on any atom is 0.220 e. The Morgan fingerprint density at radius 2 is 2.27 bits per heavy atom. The zero-order chi connectivity index (χ0) is 15.4. The molecule has 0 saturated heterocycles. The van der Waals surface area contributed by atoms with Gasteiger partial charge in [-0.05, 0) is 36.3 Å². The van der Waals surface area contributed by atoms with E-state index in [4.69, 9.17) is 0 Å². The fraction of sp³-hybridized carbons (Fsp3) is 0.444. The number of aryl methyl sites for hydroxylation is 2. The molecule has 3 rings (SSSR count). The molecule has 0 saturated carbocycles. The van der Waals surface area contributed by atoms with Gasteiger partial charge in [0.2, 0.25) is 5.91 Å². The highest BCUT2D eigenvalue weighted by Crippen LogP contribution is 2.34. The van der Waals surface area contributed by atoms with E-state index in [0.29, 0.717) is 18.9 Å². The van der Waals surface area contributed by atoms with Gasteiger partial charge in [0.25, 0.3) is 0 Å². The van der Waals surface area contributed by atoms with Crippen LogP contribution in [0.4, 0.5) is 0 Å². The summed E-state index contributed by atoms with van der Waals surface area (Å²) in [5, 5.41) is 6.31. The lowest BCUT2D eigenvalue weighted by Crippen LogP contribution is -2.26. The number of rotatable bonds is 6. The standard InChI is InChI=1S/C18H22N2OS/c1-2-18-20-15(12-22-18)9-10-19-17(21)11-14-8-7-13-5-3-4-6-16(13)14/h3-6,12,14H,2,7-11H2,1H3,(H,19,21)/t14-/m1/s1. The Bertz CT molecular complexity index is 650. The van der Waals surface area contributed by atoms with Gasteiger partial charge in [-0.1, -0.05) is 31.2 Å². The summed E-state index contributed by atoms with van der Waals surface area (Å²) in [5.41, 5.74) is 3.87. The summed E-state index contributed by atoms with van der Waals surface area (Å²) in [4.78, 5) is 16.7. The van der Waals surface area contributed by atoms with Crippen LogP contribution in [0, 0.1) is 0 Å². The van der Waals surface area contributed by atoms with Gasteiger partial charge >= 0.3 is 0 Å². The van der Waals surface area contributed by atoms with E-state index < -0.39 is 0 Å². The Morgan fingerprint density at radius 3 is 3.09 bits per heavy atom. The van der Waals surface area contributed by atoms with E-state index in [1.54, 1.807) is 11.3 Å². The number of carbonyl (C=O) groups excluding carboxylic acids is 1. The molecule has 1 N–H and O–H groups in total. The van der Waals surface area contributed by atoms with Gasteiger partial charge in [-0.25, -0.2) is 4.98 Å². The third-order valence-electron chi connectivity index (χ3n) is 4.29. The van der Waals surface area contributed by atoms with Crippen LogP contribution >= 0.6 is 11.3 Å². The summed E-state index contributed by atoms with van der Waals surface area (Å²) >= 11 is 1.70. The molecule has 0 radical (unpaired) electrons. The van der Waals surface area contributed by atoms with Crippen molar-refractivity contribution in [2.24, 2.45) is 0 Å². The van der Waals surface area contributed by atoms with E-state index in [1.807, 2.05) is 0 Å². The van der Waals surface area contributed by atoms with E-state index in [1.165, 1.54) is 16.1 Å². The molecule has 1 aliphatic carbocycles. The second-order valence-corrected chi connectivity index (χ2v) is 6.77. The molecule has 3 nitrogen and oxygen atoms in total. The zero-order valence-electron chi connectivity index (χ0n) is 13.0. The molecule has 0 unspecified atom stereocenters. The molecule has 0 fully saturated rings. The van der Waals surface area contributed by atoms with Crippen LogP contribution in [0.1, 0.15) is 47.5 Å². The van der Waals surface area contributed by atoms with Crippen LogP contribution in [0.5, 0.6) is 0 Å². The first-order valence-corrected chi connectivity index (χ1v) is 8.92. The quantitative estimate of drug-likeness (QED) is 0.887. The minimum absolute atomic E-state index is 0.160. The Morgan fingerprint density at radius 1 is 1.41 bits per heavy atom. The molecule has 1 atom stereocenters. The molecule has 0 aliphatic heterocycles. The second-order valence-electron chi connectivity index (χ2n) is 5.82. The highest BCUT2D eigenvalue weighted by atomic mass is 32.1. The average Bonchev–Trinajstić information content (AvgIpc) is 3.15. The first-order valence-electron chi connectivity index (χ1n) is 8.04. The Hall–Kier alpha value is -1.68. The van der Waals surface area contributed by atoms with Crippen molar-refractivity contribution in [3.05, 3.63) is 51.5 Å². The monoisotopic (exact) mass is 314 g/mol. The van der Waals surface area contributed by atoms with Crippen LogP contribution < -0.4 is 5.32 Å². The lowest BCUT2D eigenvalue weighted by Gasteiger charge is -2.11. The van der Waals surface area contributed by atoms with Gasteiger partial charge in [0.1, 0.15) is 0 Å². The van der Waals surface area contributed by atoms with E-state index in [2.05, 4.69) is 46.9 Å². The maximum absolute atomic E-state index is 12.1. The van der Waals surface area contributed by atoms with Gasteiger partial charge in [-0.15, -0.1) is 11.3 Å². The highest BCUT2D eigenvalue weighted by molar-refractivity contribution is 7.09. The van der Waals surface area contributed by atoms with Crippen molar-refractivity contribution in [1.29, 1.82) is 0 Å². The molecule has 1 aliphatic rings. The van der Waals surface area contributed by atoms with Crippen LogP contribution in [-0.2, 0) is 24.1 Å². The van der Waals surface area contributed by atoms with E-state index >= 15 is 0 Å². The Labute approximate surface area is 135 Å². The number of fused-ring (bicyclic) bond motifs is 1. The van der Waals surface area contributed by atoms with Crippen LogP contribution in [0.15, 0.2) is 29.6 Å². The van der Waals surface area contributed by atoms with Crippen molar-refractivity contribution in [3.8, 4) is 0 Å². The molecule has 2 aromatic rings. The van der Waals surface area contributed by atoms with Gasteiger partial charge in [-0.2, -0.15) is 0 Å². The fourth-order valence-electron chi connectivity index (χ4n) is 3.11. The van der Waals surface area contributed by atoms with Crippen molar-refractivity contribution < 1.29 is 4.79 Å². The number of nitrogens with one attached hydrogen (secondary N) is 1. The molecular weight excluding hydrogens is 292 g/mol. The number of thiazole rings is 1. The number of aromatic nitrogens is 1. The largest absolute Gasteiger partial charge is 0.356 e. The van der Waals surface area contributed by atoms with E-state index in [9.17, 15) is 4.79 Å². The first kappa shape index (κ1) is 15.2. The molecule has 22 heavy (non-hydrogen) atoms. The van der Waals surface area contributed by atoms with Crippen molar-refractivity contribution >= 4 is 17.2 Å². The van der Waals surface area contributed by atoms with Crippen LogP contribution in [0.2, 0.25) is 0 Å². The van der Waals surface area contributed by atoms with Crippen molar-refractivity contribution in [2.75, 3.05) is 6.54 Å². The van der Waals surface area contributed by atoms with Crippen LogP contribution in [0.25, 0.3) is 0 Å². The summed E-state index contributed by atoms with van der Waals surface area (Å²) in [6.45, 7) is 2.80. The van der Waals surface area contributed by atoms with Crippen LogP contribution in [0.3, 0.4) is 0 Å².